The summed E-state index contributed by atoms with van der Waals surface area (Å²) in [5.41, 5.74) is 0. The van der Waals surface area contributed by atoms with Crippen LogP contribution in [0.4, 0.5) is 0 Å². The molecule has 2 unspecified atom stereocenters. The van der Waals surface area contributed by atoms with Crippen LogP contribution in [0.25, 0.3) is 0 Å². The van der Waals surface area contributed by atoms with E-state index in [1.165, 1.54) is 11.3 Å². The Kier molecular flexibility index (Phi) is 4.98. The van der Waals surface area contributed by atoms with Crippen molar-refractivity contribution in [3.63, 3.8) is 0 Å². The van der Waals surface area contributed by atoms with E-state index in [0.29, 0.717) is 5.75 Å². The van der Waals surface area contributed by atoms with Crippen molar-refractivity contribution in [2.24, 2.45) is 0 Å². The second-order valence-corrected chi connectivity index (χ2v) is 5.92. The van der Waals surface area contributed by atoms with E-state index in [2.05, 4.69) is 5.32 Å². The minimum atomic E-state index is -0.786. The first-order valence-electron chi connectivity index (χ1n) is 4.74. The monoisotopic (exact) mass is 245 g/mol. The van der Waals surface area contributed by atoms with Crippen LogP contribution in [0.15, 0.2) is 17.5 Å². The average Bonchev–Trinajstić information content (AvgIpc) is 2.67. The van der Waals surface area contributed by atoms with Gasteiger partial charge in [-0.3, -0.25) is 9.00 Å². The quantitative estimate of drug-likeness (QED) is 0.857. The number of thiophene rings is 1. The molecule has 5 heteroatoms. The fourth-order valence-electron chi connectivity index (χ4n) is 1.12. The first kappa shape index (κ1) is 12.4. The van der Waals surface area contributed by atoms with Crippen molar-refractivity contribution >= 4 is 28.0 Å². The van der Waals surface area contributed by atoms with E-state index in [1.54, 1.807) is 12.3 Å². The van der Waals surface area contributed by atoms with E-state index in [0.717, 1.165) is 11.3 Å². The van der Waals surface area contributed by atoms with Crippen molar-refractivity contribution in [1.29, 1.82) is 0 Å². The minimum absolute atomic E-state index is 0.0422. The highest BCUT2D eigenvalue weighted by molar-refractivity contribution is 7.84. The van der Waals surface area contributed by atoms with E-state index >= 15 is 0 Å². The van der Waals surface area contributed by atoms with Gasteiger partial charge in [0.1, 0.15) is 0 Å². The maximum absolute atomic E-state index is 11.6. The summed E-state index contributed by atoms with van der Waals surface area (Å²) in [6, 6.07) is 3.72. The zero-order chi connectivity index (χ0) is 11.3. The molecule has 2 atom stereocenters. The molecule has 0 aromatic carbocycles. The first-order valence-corrected chi connectivity index (χ1v) is 7.34. The standard InChI is InChI=1S/C10H15NO2S2/c1-8(5-7-15(2)13)11-10(12)9-4-3-6-14-9/h3-4,6,8H,5,7H2,1-2H3,(H,11,12). The summed E-state index contributed by atoms with van der Waals surface area (Å²) >= 11 is 1.43. The van der Waals surface area contributed by atoms with E-state index in [1.807, 2.05) is 18.4 Å². The van der Waals surface area contributed by atoms with Crippen LogP contribution in [-0.2, 0) is 10.8 Å². The molecule has 1 amide bonds. The molecular weight excluding hydrogens is 230 g/mol. The number of hydrogen-bond donors (Lipinski definition) is 1. The van der Waals surface area contributed by atoms with E-state index in [-0.39, 0.29) is 11.9 Å². The lowest BCUT2D eigenvalue weighted by atomic mass is 10.2. The van der Waals surface area contributed by atoms with Gasteiger partial charge in [-0.05, 0) is 24.8 Å². The molecule has 0 fully saturated rings. The third kappa shape index (κ3) is 4.57. The van der Waals surface area contributed by atoms with Crippen molar-refractivity contribution in [3.05, 3.63) is 22.4 Å². The molecule has 1 rings (SSSR count). The summed E-state index contributed by atoms with van der Waals surface area (Å²) in [6.45, 7) is 1.93. The van der Waals surface area contributed by atoms with Crippen LogP contribution in [0.5, 0.6) is 0 Å². The molecule has 15 heavy (non-hydrogen) atoms. The fraction of sp³-hybridized carbons (Fsp3) is 0.500. The van der Waals surface area contributed by atoms with Gasteiger partial charge in [-0.2, -0.15) is 0 Å². The third-order valence-electron chi connectivity index (χ3n) is 1.96. The van der Waals surface area contributed by atoms with Crippen molar-refractivity contribution in [1.82, 2.24) is 5.32 Å². The number of carbonyl (C=O) groups is 1. The Bertz CT molecular complexity index is 335. The highest BCUT2D eigenvalue weighted by Crippen LogP contribution is 2.08. The van der Waals surface area contributed by atoms with Gasteiger partial charge in [0.05, 0.1) is 4.88 Å². The van der Waals surface area contributed by atoms with Crippen LogP contribution in [0.2, 0.25) is 0 Å². The summed E-state index contributed by atoms with van der Waals surface area (Å²) < 4.78 is 10.9. The van der Waals surface area contributed by atoms with Crippen molar-refractivity contribution in [2.75, 3.05) is 12.0 Å². The largest absolute Gasteiger partial charge is 0.349 e. The van der Waals surface area contributed by atoms with Crippen molar-refractivity contribution < 1.29 is 9.00 Å². The van der Waals surface area contributed by atoms with E-state index in [4.69, 9.17) is 0 Å². The van der Waals surface area contributed by atoms with Crippen LogP contribution < -0.4 is 5.32 Å². The topological polar surface area (TPSA) is 46.2 Å². The number of rotatable bonds is 5. The predicted molar refractivity (Wildman–Crippen MR) is 64.8 cm³/mol. The molecule has 84 valence electrons. The fourth-order valence-corrected chi connectivity index (χ4v) is 2.43. The molecule has 1 heterocycles. The van der Waals surface area contributed by atoms with Gasteiger partial charge in [0, 0.05) is 28.9 Å². The summed E-state index contributed by atoms with van der Waals surface area (Å²) in [6.07, 6.45) is 2.42. The Morgan fingerprint density at radius 1 is 1.67 bits per heavy atom. The second-order valence-electron chi connectivity index (χ2n) is 3.42. The summed E-state index contributed by atoms with van der Waals surface area (Å²) in [4.78, 5) is 12.3. The van der Waals surface area contributed by atoms with Crippen LogP contribution in [0, 0.1) is 0 Å². The first-order chi connectivity index (χ1) is 7.09. The maximum atomic E-state index is 11.6. The Labute approximate surface area is 96.3 Å². The van der Waals surface area contributed by atoms with Gasteiger partial charge in [0.2, 0.25) is 0 Å². The normalized spacial score (nSPS) is 14.5. The average molecular weight is 245 g/mol. The lowest BCUT2D eigenvalue weighted by Gasteiger charge is -2.11. The van der Waals surface area contributed by atoms with Gasteiger partial charge in [-0.1, -0.05) is 6.07 Å². The number of nitrogens with one attached hydrogen (secondary N) is 1. The zero-order valence-electron chi connectivity index (χ0n) is 8.86. The van der Waals surface area contributed by atoms with Crippen LogP contribution in [0.1, 0.15) is 23.0 Å². The summed E-state index contributed by atoms with van der Waals surface area (Å²) in [5.74, 6) is 0.589. The van der Waals surface area contributed by atoms with Crippen molar-refractivity contribution in [2.45, 2.75) is 19.4 Å². The molecule has 1 aromatic heterocycles. The molecule has 0 aliphatic carbocycles. The highest BCUT2D eigenvalue weighted by atomic mass is 32.2. The molecule has 0 spiro atoms. The lowest BCUT2D eigenvalue weighted by molar-refractivity contribution is 0.0943. The molecule has 0 bridgehead atoms. The van der Waals surface area contributed by atoms with Gasteiger partial charge in [-0.15, -0.1) is 11.3 Å². The van der Waals surface area contributed by atoms with Crippen LogP contribution in [-0.4, -0.2) is 28.2 Å². The van der Waals surface area contributed by atoms with Gasteiger partial charge in [-0.25, -0.2) is 0 Å². The van der Waals surface area contributed by atoms with E-state index in [9.17, 15) is 9.00 Å². The predicted octanol–water partition coefficient (Wildman–Crippen LogP) is 1.63. The third-order valence-corrected chi connectivity index (χ3v) is 3.64. The van der Waals surface area contributed by atoms with Gasteiger partial charge >= 0.3 is 0 Å². The molecule has 0 saturated heterocycles. The number of hydrogen-bond acceptors (Lipinski definition) is 3. The molecule has 0 aliphatic rings. The Balaban J connectivity index is 2.35. The molecule has 0 saturated carbocycles. The molecule has 1 aromatic rings. The SMILES string of the molecule is CC(CCS(C)=O)NC(=O)c1cccs1. The second kappa shape index (κ2) is 6.02. The van der Waals surface area contributed by atoms with Crippen molar-refractivity contribution in [3.8, 4) is 0 Å². The molecular formula is C10H15NO2S2. The number of amides is 1. The summed E-state index contributed by atoms with van der Waals surface area (Å²) in [7, 11) is -0.786. The molecule has 0 aliphatic heterocycles. The summed E-state index contributed by atoms with van der Waals surface area (Å²) in [5, 5.41) is 4.75. The highest BCUT2D eigenvalue weighted by Gasteiger charge is 2.10. The van der Waals surface area contributed by atoms with Crippen LogP contribution in [0.3, 0.4) is 0 Å². The molecule has 1 N–H and O–H groups in total. The smallest absolute Gasteiger partial charge is 0.261 e. The van der Waals surface area contributed by atoms with Crippen LogP contribution >= 0.6 is 11.3 Å². The molecule has 0 radical (unpaired) electrons. The van der Waals surface area contributed by atoms with E-state index < -0.39 is 10.8 Å². The Hall–Kier alpha value is -0.680. The van der Waals surface area contributed by atoms with Gasteiger partial charge in [0.25, 0.3) is 5.91 Å². The lowest BCUT2D eigenvalue weighted by Crippen LogP contribution is -2.32. The molecule has 3 nitrogen and oxygen atoms in total. The Morgan fingerprint density at radius 3 is 2.93 bits per heavy atom. The minimum Gasteiger partial charge on any atom is -0.349 e. The van der Waals surface area contributed by atoms with Gasteiger partial charge < -0.3 is 5.32 Å². The Morgan fingerprint density at radius 2 is 2.40 bits per heavy atom. The maximum Gasteiger partial charge on any atom is 0.261 e. The number of carbonyl (C=O) groups excluding carboxylic acids is 1. The zero-order valence-corrected chi connectivity index (χ0v) is 10.5. The van der Waals surface area contributed by atoms with Gasteiger partial charge in [0.15, 0.2) is 0 Å².